The summed E-state index contributed by atoms with van der Waals surface area (Å²) >= 11 is 0. The Hall–Kier alpha value is -2.96. The molecule has 2 heterocycles. The van der Waals surface area contributed by atoms with Crippen LogP contribution in [0.3, 0.4) is 0 Å². The highest BCUT2D eigenvalue weighted by molar-refractivity contribution is 5.91. The van der Waals surface area contributed by atoms with Crippen LogP contribution in [0.4, 0.5) is 10.5 Å². The van der Waals surface area contributed by atoms with Crippen molar-refractivity contribution in [2.75, 3.05) is 25.0 Å². The van der Waals surface area contributed by atoms with Crippen molar-refractivity contribution in [1.29, 1.82) is 0 Å². The van der Waals surface area contributed by atoms with Gasteiger partial charge in [0.2, 0.25) is 0 Å². The standard InChI is InChI=1S/C21H27N3O4/c1-4-27-19-8-6-5-7-18(19)22-21(26)24-11-9-16(10-12-24)28-17-13-15(2)23(3)20(25)14-17/h5-8,13-14,16H,4,9-12H2,1-3H3,(H,22,26). The lowest BCUT2D eigenvalue weighted by Gasteiger charge is -2.32. The smallest absolute Gasteiger partial charge is 0.321 e. The molecular formula is C21H27N3O4. The van der Waals surface area contributed by atoms with E-state index in [2.05, 4.69) is 5.32 Å². The van der Waals surface area contributed by atoms with Crippen LogP contribution >= 0.6 is 0 Å². The number of para-hydroxylation sites is 2. The van der Waals surface area contributed by atoms with Gasteiger partial charge in [-0.2, -0.15) is 0 Å². The minimum atomic E-state index is -0.143. The number of piperidine rings is 1. The molecule has 2 aromatic rings. The van der Waals surface area contributed by atoms with Crippen molar-refractivity contribution in [2.45, 2.75) is 32.8 Å². The number of aryl methyl sites for hydroxylation is 1. The van der Waals surface area contributed by atoms with Gasteiger partial charge in [-0.05, 0) is 32.0 Å². The average Bonchev–Trinajstić information content (AvgIpc) is 2.68. The number of urea groups is 1. The van der Waals surface area contributed by atoms with Crippen molar-refractivity contribution in [3.8, 4) is 11.5 Å². The van der Waals surface area contributed by atoms with Crippen LogP contribution in [0, 0.1) is 6.92 Å². The zero-order valence-corrected chi connectivity index (χ0v) is 16.6. The van der Waals surface area contributed by atoms with Crippen LogP contribution in [0.1, 0.15) is 25.5 Å². The zero-order valence-electron chi connectivity index (χ0n) is 16.6. The number of nitrogens with one attached hydrogen (secondary N) is 1. The zero-order chi connectivity index (χ0) is 20.1. The Bertz CT molecular complexity index is 885. The predicted octanol–water partition coefficient (Wildman–Crippen LogP) is 3.17. The molecule has 1 saturated heterocycles. The van der Waals surface area contributed by atoms with Gasteiger partial charge < -0.3 is 24.3 Å². The van der Waals surface area contributed by atoms with E-state index in [1.54, 1.807) is 16.5 Å². The maximum atomic E-state index is 12.6. The van der Waals surface area contributed by atoms with E-state index in [9.17, 15) is 9.59 Å². The summed E-state index contributed by atoms with van der Waals surface area (Å²) in [6.07, 6.45) is 1.43. The first kappa shape index (κ1) is 19.8. The number of anilines is 1. The van der Waals surface area contributed by atoms with Crippen molar-refractivity contribution in [3.63, 3.8) is 0 Å². The largest absolute Gasteiger partial charge is 0.492 e. The third-order valence-corrected chi connectivity index (χ3v) is 4.94. The average molecular weight is 385 g/mol. The Labute approximate surface area is 164 Å². The molecule has 28 heavy (non-hydrogen) atoms. The van der Waals surface area contributed by atoms with Gasteiger partial charge in [-0.1, -0.05) is 12.1 Å². The van der Waals surface area contributed by atoms with Crippen molar-refractivity contribution < 1.29 is 14.3 Å². The number of aromatic nitrogens is 1. The molecule has 1 fully saturated rings. The highest BCUT2D eigenvalue weighted by Gasteiger charge is 2.24. The Morgan fingerprint density at radius 3 is 2.61 bits per heavy atom. The van der Waals surface area contributed by atoms with Gasteiger partial charge in [-0.15, -0.1) is 0 Å². The topological polar surface area (TPSA) is 72.8 Å². The lowest BCUT2D eigenvalue weighted by molar-refractivity contribution is 0.115. The maximum absolute atomic E-state index is 12.6. The minimum absolute atomic E-state index is 0.00809. The summed E-state index contributed by atoms with van der Waals surface area (Å²) in [4.78, 5) is 26.3. The van der Waals surface area contributed by atoms with E-state index in [1.165, 1.54) is 6.07 Å². The molecule has 1 aromatic heterocycles. The highest BCUT2D eigenvalue weighted by Crippen LogP contribution is 2.25. The fourth-order valence-electron chi connectivity index (χ4n) is 3.22. The van der Waals surface area contributed by atoms with E-state index in [0.29, 0.717) is 36.9 Å². The van der Waals surface area contributed by atoms with Crippen LogP contribution in [0.2, 0.25) is 0 Å². The number of hydrogen-bond acceptors (Lipinski definition) is 4. The molecule has 0 radical (unpaired) electrons. The molecule has 7 heteroatoms. The first-order chi connectivity index (χ1) is 13.5. The summed E-state index contributed by atoms with van der Waals surface area (Å²) < 4.78 is 13.1. The molecule has 0 unspecified atom stereocenters. The van der Waals surface area contributed by atoms with Crippen LogP contribution in [-0.4, -0.2) is 41.3 Å². The molecule has 150 valence electrons. The summed E-state index contributed by atoms with van der Waals surface area (Å²) in [6.45, 7) is 5.51. The monoisotopic (exact) mass is 385 g/mol. The number of ether oxygens (including phenoxy) is 2. The summed E-state index contributed by atoms with van der Waals surface area (Å²) in [7, 11) is 1.74. The second-order valence-electron chi connectivity index (χ2n) is 6.89. The lowest BCUT2D eigenvalue weighted by Crippen LogP contribution is -2.43. The van der Waals surface area contributed by atoms with Crippen molar-refractivity contribution in [1.82, 2.24) is 9.47 Å². The summed E-state index contributed by atoms with van der Waals surface area (Å²) in [6, 6.07) is 10.6. The van der Waals surface area contributed by atoms with Crippen LogP contribution in [-0.2, 0) is 7.05 Å². The normalized spacial score (nSPS) is 14.6. The van der Waals surface area contributed by atoms with E-state index >= 15 is 0 Å². The number of nitrogens with zero attached hydrogens (tertiary/aromatic N) is 2. The van der Waals surface area contributed by atoms with E-state index in [-0.39, 0.29) is 17.7 Å². The SMILES string of the molecule is CCOc1ccccc1NC(=O)N1CCC(Oc2cc(C)n(C)c(=O)c2)CC1. The fourth-order valence-corrected chi connectivity index (χ4v) is 3.22. The van der Waals surface area contributed by atoms with Gasteiger partial charge in [-0.3, -0.25) is 4.79 Å². The summed E-state index contributed by atoms with van der Waals surface area (Å²) in [5.41, 5.74) is 1.44. The summed E-state index contributed by atoms with van der Waals surface area (Å²) in [5, 5.41) is 2.93. The van der Waals surface area contributed by atoms with Crippen LogP contribution in [0.15, 0.2) is 41.2 Å². The van der Waals surface area contributed by atoms with Gasteiger partial charge in [0, 0.05) is 44.7 Å². The molecule has 1 N–H and O–H groups in total. The molecule has 3 rings (SSSR count). The van der Waals surface area contributed by atoms with Crippen LogP contribution < -0.4 is 20.3 Å². The number of carbonyl (C=O) groups excluding carboxylic acids is 1. The van der Waals surface area contributed by atoms with Gasteiger partial charge in [0.1, 0.15) is 17.6 Å². The third kappa shape index (κ3) is 4.65. The quantitative estimate of drug-likeness (QED) is 0.858. The molecule has 1 aliphatic rings. The van der Waals surface area contributed by atoms with Gasteiger partial charge >= 0.3 is 6.03 Å². The Morgan fingerprint density at radius 1 is 1.21 bits per heavy atom. The second kappa shape index (κ2) is 8.82. The number of amides is 2. The molecule has 0 saturated carbocycles. The Kier molecular flexibility index (Phi) is 6.23. The second-order valence-corrected chi connectivity index (χ2v) is 6.89. The van der Waals surface area contributed by atoms with Crippen LogP contribution in [0.25, 0.3) is 0 Å². The van der Waals surface area contributed by atoms with Crippen molar-refractivity contribution in [3.05, 3.63) is 52.4 Å². The first-order valence-corrected chi connectivity index (χ1v) is 9.60. The fraction of sp³-hybridized carbons (Fsp3) is 0.429. The number of hydrogen-bond donors (Lipinski definition) is 1. The van der Waals surface area contributed by atoms with Crippen LogP contribution in [0.5, 0.6) is 11.5 Å². The minimum Gasteiger partial charge on any atom is -0.492 e. The Morgan fingerprint density at radius 2 is 1.93 bits per heavy atom. The molecule has 1 aliphatic heterocycles. The van der Waals surface area contributed by atoms with E-state index in [1.807, 2.05) is 44.2 Å². The predicted molar refractivity (Wildman–Crippen MR) is 108 cm³/mol. The maximum Gasteiger partial charge on any atom is 0.321 e. The molecular weight excluding hydrogens is 358 g/mol. The van der Waals surface area contributed by atoms with Crippen molar-refractivity contribution in [2.24, 2.45) is 7.05 Å². The van der Waals surface area contributed by atoms with E-state index < -0.39 is 0 Å². The first-order valence-electron chi connectivity index (χ1n) is 9.60. The lowest BCUT2D eigenvalue weighted by atomic mass is 10.1. The van der Waals surface area contributed by atoms with Crippen molar-refractivity contribution >= 4 is 11.7 Å². The molecule has 0 bridgehead atoms. The van der Waals surface area contributed by atoms with E-state index in [4.69, 9.17) is 9.47 Å². The summed E-state index contributed by atoms with van der Waals surface area (Å²) in [5.74, 6) is 1.26. The molecule has 0 aliphatic carbocycles. The molecule has 7 nitrogen and oxygen atoms in total. The van der Waals surface area contributed by atoms with E-state index in [0.717, 1.165) is 18.5 Å². The van der Waals surface area contributed by atoms with Gasteiger partial charge in [-0.25, -0.2) is 4.79 Å². The highest BCUT2D eigenvalue weighted by atomic mass is 16.5. The van der Waals surface area contributed by atoms with Gasteiger partial charge in [0.25, 0.3) is 5.56 Å². The van der Waals surface area contributed by atoms with Gasteiger partial charge in [0.15, 0.2) is 0 Å². The number of benzene rings is 1. The number of carbonyl (C=O) groups is 1. The Balaban J connectivity index is 1.55. The molecule has 1 aromatic carbocycles. The molecule has 0 atom stereocenters. The number of rotatable bonds is 5. The number of pyridine rings is 1. The molecule has 2 amide bonds. The number of likely N-dealkylation sites (tertiary alicyclic amines) is 1. The van der Waals surface area contributed by atoms with Gasteiger partial charge in [0.05, 0.1) is 12.3 Å². The third-order valence-electron chi connectivity index (χ3n) is 4.94. The molecule has 0 spiro atoms.